The molecule has 0 amide bonds. The lowest BCUT2D eigenvalue weighted by molar-refractivity contribution is 0.0462. The van der Waals surface area contributed by atoms with E-state index in [2.05, 4.69) is 10.1 Å². The summed E-state index contributed by atoms with van der Waals surface area (Å²) in [6, 6.07) is 24.2. The van der Waals surface area contributed by atoms with Crippen molar-refractivity contribution < 1.29 is 14.3 Å². The van der Waals surface area contributed by atoms with Gasteiger partial charge in [0.25, 0.3) is 5.82 Å². The molecule has 1 aromatic heterocycles. The van der Waals surface area contributed by atoms with E-state index in [1.165, 1.54) is 0 Å². The van der Waals surface area contributed by atoms with Crippen LogP contribution in [0.25, 0.3) is 17.1 Å². The van der Waals surface area contributed by atoms with Crippen molar-refractivity contribution in [3.05, 3.63) is 101 Å². The van der Waals surface area contributed by atoms with E-state index in [1.807, 2.05) is 68.4 Å². The summed E-state index contributed by atoms with van der Waals surface area (Å²) in [7, 11) is 0. The maximum atomic E-state index is 12.6. The number of Topliss-reactive ketones (excluding diaryl/α,β-unsaturated/α-hetero) is 1. The molecule has 0 saturated heterocycles. The lowest BCUT2D eigenvalue weighted by Gasteiger charge is -2.07. The van der Waals surface area contributed by atoms with E-state index in [-0.39, 0.29) is 18.2 Å². The van der Waals surface area contributed by atoms with Gasteiger partial charge in [0.05, 0.1) is 5.69 Å². The van der Waals surface area contributed by atoms with Gasteiger partial charge in [-0.3, -0.25) is 4.79 Å². The molecule has 154 valence electrons. The standard InChI is InChI=1S/C25H21N3O3/c1-17-11-13-20(14-12-17)24-26-23(27-28(24)21-10-6-7-18(2)15-21)25(30)31-16-22(29)19-8-4-3-5-9-19/h3-15H,16H2,1-2H3. The number of carbonyl (C=O) groups is 2. The lowest BCUT2D eigenvalue weighted by atomic mass is 10.1. The number of benzene rings is 3. The summed E-state index contributed by atoms with van der Waals surface area (Å²) >= 11 is 0. The molecule has 0 N–H and O–H groups in total. The largest absolute Gasteiger partial charge is 0.451 e. The molecule has 0 saturated carbocycles. The number of nitrogens with zero attached hydrogens (tertiary/aromatic N) is 3. The van der Waals surface area contributed by atoms with Crippen LogP contribution in [-0.4, -0.2) is 33.1 Å². The second-order valence-electron chi connectivity index (χ2n) is 7.24. The first-order valence-electron chi connectivity index (χ1n) is 9.88. The number of carbonyl (C=O) groups excluding carboxylic acids is 2. The smallest absolute Gasteiger partial charge is 0.378 e. The summed E-state index contributed by atoms with van der Waals surface area (Å²) in [5, 5.41) is 4.39. The van der Waals surface area contributed by atoms with Crippen LogP contribution in [0, 0.1) is 13.8 Å². The van der Waals surface area contributed by atoms with E-state index in [0.29, 0.717) is 11.4 Å². The Bertz CT molecular complexity index is 1230. The number of hydrogen-bond donors (Lipinski definition) is 0. The first-order valence-corrected chi connectivity index (χ1v) is 9.88. The van der Waals surface area contributed by atoms with Gasteiger partial charge in [0, 0.05) is 11.1 Å². The number of aryl methyl sites for hydroxylation is 2. The molecule has 4 aromatic rings. The predicted octanol–water partition coefficient (Wildman–Crippen LogP) is 4.59. The molecular weight excluding hydrogens is 390 g/mol. The van der Waals surface area contributed by atoms with E-state index >= 15 is 0 Å². The average molecular weight is 411 g/mol. The Morgan fingerprint density at radius 2 is 1.61 bits per heavy atom. The van der Waals surface area contributed by atoms with Gasteiger partial charge in [-0.25, -0.2) is 14.5 Å². The number of rotatable bonds is 6. The molecule has 0 aliphatic carbocycles. The molecule has 4 rings (SSSR count). The van der Waals surface area contributed by atoms with Crippen molar-refractivity contribution in [2.45, 2.75) is 13.8 Å². The van der Waals surface area contributed by atoms with E-state index < -0.39 is 5.97 Å². The normalized spacial score (nSPS) is 10.6. The molecule has 0 spiro atoms. The van der Waals surface area contributed by atoms with E-state index in [0.717, 1.165) is 22.4 Å². The average Bonchev–Trinajstić information content (AvgIpc) is 3.24. The minimum absolute atomic E-state index is 0.0991. The first kappa shape index (κ1) is 20.2. The SMILES string of the molecule is Cc1ccc(-c2nc(C(=O)OCC(=O)c3ccccc3)nn2-c2cccc(C)c2)cc1. The summed E-state index contributed by atoms with van der Waals surface area (Å²) in [6.45, 7) is 3.61. The van der Waals surface area contributed by atoms with Gasteiger partial charge in [0.15, 0.2) is 18.2 Å². The number of aromatic nitrogens is 3. The van der Waals surface area contributed by atoms with Gasteiger partial charge < -0.3 is 4.74 Å². The van der Waals surface area contributed by atoms with Crippen molar-refractivity contribution in [1.82, 2.24) is 14.8 Å². The third kappa shape index (κ3) is 4.59. The summed E-state index contributed by atoms with van der Waals surface area (Å²) in [5.74, 6) is -0.611. The Kier molecular flexibility index (Phi) is 5.71. The van der Waals surface area contributed by atoms with Crippen LogP contribution in [0.3, 0.4) is 0 Å². The highest BCUT2D eigenvalue weighted by atomic mass is 16.5. The van der Waals surface area contributed by atoms with Gasteiger partial charge in [0.2, 0.25) is 0 Å². The summed E-state index contributed by atoms with van der Waals surface area (Å²) in [6.07, 6.45) is 0. The Hall–Kier alpha value is -4.06. The third-order valence-electron chi connectivity index (χ3n) is 4.78. The van der Waals surface area contributed by atoms with Crippen molar-refractivity contribution in [3.8, 4) is 17.1 Å². The fraction of sp³-hybridized carbons (Fsp3) is 0.120. The van der Waals surface area contributed by atoms with E-state index in [9.17, 15) is 9.59 Å². The minimum atomic E-state index is -0.746. The van der Waals surface area contributed by atoms with Crippen molar-refractivity contribution in [2.75, 3.05) is 6.61 Å². The van der Waals surface area contributed by atoms with Gasteiger partial charge in [0.1, 0.15) is 0 Å². The predicted molar refractivity (Wildman–Crippen MR) is 117 cm³/mol. The first-order chi connectivity index (χ1) is 15.0. The van der Waals surface area contributed by atoms with Gasteiger partial charge in [-0.15, -0.1) is 5.10 Å². The molecule has 0 atom stereocenters. The van der Waals surface area contributed by atoms with Crippen LogP contribution in [0.4, 0.5) is 0 Å². The monoisotopic (exact) mass is 411 g/mol. The minimum Gasteiger partial charge on any atom is -0.451 e. The van der Waals surface area contributed by atoms with Crippen molar-refractivity contribution in [2.24, 2.45) is 0 Å². The zero-order valence-corrected chi connectivity index (χ0v) is 17.3. The molecule has 0 aliphatic rings. The van der Waals surface area contributed by atoms with E-state index in [1.54, 1.807) is 28.9 Å². The van der Waals surface area contributed by atoms with Crippen LogP contribution in [0.2, 0.25) is 0 Å². The van der Waals surface area contributed by atoms with Gasteiger partial charge >= 0.3 is 5.97 Å². The Balaban J connectivity index is 1.63. The van der Waals surface area contributed by atoms with Crippen molar-refractivity contribution >= 4 is 11.8 Å². The van der Waals surface area contributed by atoms with Gasteiger partial charge in [-0.1, -0.05) is 72.3 Å². The molecule has 0 fully saturated rings. The number of hydrogen-bond acceptors (Lipinski definition) is 5. The second-order valence-corrected chi connectivity index (χ2v) is 7.24. The molecule has 6 heteroatoms. The molecule has 3 aromatic carbocycles. The topological polar surface area (TPSA) is 74.1 Å². The number of ketones is 1. The summed E-state index contributed by atoms with van der Waals surface area (Å²) < 4.78 is 6.82. The molecule has 6 nitrogen and oxygen atoms in total. The van der Waals surface area contributed by atoms with Crippen molar-refractivity contribution in [1.29, 1.82) is 0 Å². The molecule has 31 heavy (non-hydrogen) atoms. The second kappa shape index (κ2) is 8.75. The zero-order chi connectivity index (χ0) is 21.8. The Morgan fingerprint density at radius 3 is 2.32 bits per heavy atom. The van der Waals surface area contributed by atoms with Crippen LogP contribution in [0.1, 0.15) is 32.1 Å². The summed E-state index contributed by atoms with van der Waals surface area (Å²) in [5.41, 5.74) is 4.25. The Labute approximate surface area is 180 Å². The third-order valence-corrected chi connectivity index (χ3v) is 4.78. The highest BCUT2D eigenvalue weighted by Crippen LogP contribution is 2.22. The van der Waals surface area contributed by atoms with Gasteiger partial charge in [-0.2, -0.15) is 0 Å². The van der Waals surface area contributed by atoms with E-state index in [4.69, 9.17) is 4.74 Å². The molecule has 1 heterocycles. The molecule has 0 unspecified atom stereocenters. The lowest BCUT2D eigenvalue weighted by Crippen LogP contribution is -2.15. The van der Waals surface area contributed by atoms with Crippen LogP contribution in [0.5, 0.6) is 0 Å². The zero-order valence-electron chi connectivity index (χ0n) is 17.3. The number of esters is 1. The van der Waals surface area contributed by atoms with Crippen LogP contribution in [-0.2, 0) is 4.74 Å². The quantitative estimate of drug-likeness (QED) is 0.343. The molecule has 0 bridgehead atoms. The van der Waals surface area contributed by atoms with Crippen molar-refractivity contribution in [3.63, 3.8) is 0 Å². The fourth-order valence-corrected chi connectivity index (χ4v) is 3.13. The maximum absolute atomic E-state index is 12.6. The molecule has 0 aliphatic heterocycles. The molecule has 0 radical (unpaired) electrons. The summed E-state index contributed by atoms with van der Waals surface area (Å²) in [4.78, 5) is 29.3. The Morgan fingerprint density at radius 1 is 0.871 bits per heavy atom. The van der Waals surface area contributed by atoms with Crippen LogP contribution in [0.15, 0.2) is 78.9 Å². The van der Waals surface area contributed by atoms with Crippen LogP contribution >= 0.6 is 0 Å². The number of ether oxygens (including phenoxy) is 1. The fourth-order valence-electron chi connectivity index (χ4n) is 3.13. The van der Waals surface area contributed by atoms with Gasteiger partial charge in [-0.05, 0) is 31.5 Å². The molecular formula is C25H21N3O3. The highest BCUT2D eigenvalue weighted by molar-refractivity contribution is 5.98. The maximum Gasteiger partial charge on any atom is 0.378 e. The highest BCUT2D eigenvalue weighted by Gasteiger charge is 2.21. The van der Waals surface area contributed by atoms with Crippen LogP contribution < -0.4 is 0 Å².